The Balaban J connectivity index is 1.97. The van der Waals surface area contributed by atoms with Gasteiger partial charge in [0.1, 0.15) is 0 Å². The lowest BCUT2D eigenvalue weighted by molar-refractivity contribution is 0.0301. The van der Waals surface area contributed by atoms with Crippen molar-refractivity contribution in [3.8, 4) is 0 Å². The van der Waals surface area contributed by atoms with Gasteiger partial charge in [0.25, 0.3) is 10.0 Å². The topological polar surface area (TPSA) is 59.5 Å². The number of halogens is 1. The minimum Gasteiger partial charge on any atom is -0.377 e. The van der Waals surface area contributed by atoms with Crippen molar-refractivity contribution in [3.63, 3.8) is 0 Å². The molecule has 8 heteroatoms. The first-order valence-corrected chi connectivity index (χ1v) is 8.93. The van der Waals surface area contributed by atoms with Crippen LogP contribution in [0.2, 0.25) is 0 Å². The van der Waals surface area contributed by atoms with Gasteiger partial charge in [-0.1, -0.05) is 0 Å². The SMILES string of the molecule is Cc1ncc(S(=O)(=O)N2CCC(OCCCl)CC2)s1. The van der Waals surface area contributed by atoms with Crippen molar-refractivity contribution in [1.82, 2.24) is 9.29 Å². The second-order valence-corrected chi connectivity index (χ2v) is 8.14. The second-order valence-electron chi connectivity index (χ2n) is 4.36. The number of nitrogens with zero attached hydrogens (tertiary/aromatic N) is 2. The number of rotatable bonds is 5. The summed E-state index contributed by atoms with van der Waals surface area (Å²) in [6, 6.07) is 0. The molecule has 19 heavy (non-hydrogen) atoms. The fourth-order valence-corrected chi connectivity index (χ4v) is 4.86. The number of ether oxygens (including phenoxy) is 1. The monoisotopic (exact) mass is 324 g/mol. The van der Waals surface area contributed by atoms with Crippen molar-refractivity contribution in [1.29, 1.82) is 0 Å². The fourth-order valence-electron chi connectivity index (χ4n) is 2.04. The Morgan fingerprint density at radius 1 is 1.53 bits per heavy atom. The van der Waals surface area contributed by atoms with E-state index in [1.54, 1.807) is 6.92 Å². The number of piperidine rings is 1. The molecule has 0 atom stereocenters. The Bertz CT molecular complexity index is 510. The van der Waals surface area contributed by atoms with Crippen molar-refractivity contribution in [2.24, 2.45) is 0 Å². The molecule has 1 aromatic rings. The zero-order valence-corrected chi connectivity index (χ0v) is 13.1. The average molecular weight is 325 g/mol. The molecule has 0 unspecified atom stereocenters. The number of hydrogen-bond acceptors (Lipinski definition) is 5. The molecule has 0 aliphatic carbocycles. The van der Waals surface area contributed by atoms with Crippen LogP contribution in [0, 0.1) is 6.92 Å². The van der Waals surface area contributed by atoms with Gasteiger partial charge in [0.2, 0.25) is 0 Å². The molecule has 0 aromatic carbocycles. The number of aromatic nitrogens is 1. The third kappa shape index (κ3) is 3.66. The van der Waals surface area contributed by atoms with E-state index in [2.05, 4.69) is 4.98 Å². The molecule has 0 amide bonds. The molecule has 1 aliphatic rings. The highest BCUT2D eigenvalue weighted by Gasteiger charge is 2.30. The lowest BCUT2D eigenvalue weighted by Crippen LogP contribution is -2.40. The first-order valence-electron chi connectivity index (χ1n) is 6.14. The lowest BCUT2D eigenvalue weighted by Gasteiger charge is -2.30. The summed E-state index contributed by atoms with van der Waals surface area (Å²) in [5, 5.41) is 0.763. The molecule has 0 spiro atoms. The van der Waals surface area contributed by atoms with Crippen LogP contribution in [0.5, 0.6) is 0 Å². The van der Waals surface area contributed by atoms with Gasteiger partial charge in [-0.15, -0.1) is 22.9 Å². The fraction of sp³-hybridized carbons (Fsp3) is 0.727. The van der Waals surface area contributed by atoms with Crippen molar-refractivity contribution >= 4 is 33.0 Å². The molecular weight excluding hydrogens is 308 g/mol. The highest BCUT2D eigenvalue weighted by atomic mass is 35.5. The Morgan fingerprint density at radius 2 is 2.21 bits per heavy atom. The van der Waals surface area contributed by atoms with Crippen molar-refractivity contribution < 1.29 is 13.2 Å². The van der Waals surface area contributed by atoms with E-state index in [1.807, 2.05) is 0 Å². The highest BCUT2D eigenvalue weighted by molar-refractivity contribution is 7.91. The van der Waals surface area contributed by atoms with Gasteiger partial charge in [-0.3, -0.25) is 0 Å². The van der Waals surface area contributed by atoms with Crippen LogP contribution in [0.4, 0.5) is 0 Å². The van der Waals surface area contributed by atoms with Crippen LogP contribution in [0.25, 0.3) is 0 Å². The van der Waals surface area contributed by atoms with Crippen LogP contribution in [-0.2, 0) is 14.8 Å². The number of alkyl halides is 1. The van der Waals surface area contributed by atoms with Crippen molar-refractivity contribution in [2.75, 3.05) is 25.6 Å². The summed E-state index contributed by atoms with van der Waals surface area (Å²) in [6.45, 7) is 3.31. The number of thiazole rings is 1. The average Bonchev–Trinajstić information content (AvgIpc) is 2.84. The van der Waals surface area contributed by atoms with Crippen LogP contribution in [0.15, 0.2) is 10.4 Å². The van der Waals surface area contributed by atoms with E-state index in [4.69, 9.17) is 16.3 Å². The molecule has 1 fully saturated rings. The van der Waals surface area contributed by atoms with E-state index in [0.29, 0.717) is 42.6 Å². The maximum Gasteiger partial charge on any atom is 0.254 e. The van der Waals surface area contributed by atoms with Crippen molar-refractivity contribution in [3.05, 3.63) is 11.2 Å². The molecule has 2 rings (SSSR count). The summed E-state index contributed by atoms with van der Waals surface area (Å²) < 4.78 is 32.1. The van der Waals surface area contributed by atoms with Gasteiger partial charge in [0.15, 0.2) is 4.21 Å². The van der Waals surface area contributed by atoms with E-state index in [9.17, 15) is 8.42 Å². The summed E-state index contributed by atoms with van der Waals surface area (Å²) in [5.74, 6) is 0.471. The maximum absolute atomic E-state index is 12.4. The summed E-state index contributed by atoms with van der Waals surface area (Å²) in [4.78, 5) is 4.01. The molecular formula is C11H17ClN2O3S2. The Hall–Kier alpha value is -0.210. The quantitative estimate of drug-likeness (QED) is 0.776. The van der Waals surface area contributed by atoms with Gasteiger partial charge >= 0.3 is 0 Å². The van der Waals surface area contributed by atoms with Crippen molar-refractivity contribution in [2.45, 2.75) is 30.1 Å². The first-order chi connectivity index (χ1) is 9.04. The summed E-state index contributed by atoms with van der Waals surface area (Å²) in [6.07, 6.45) is 2.99. The summed E-state index contributed by atoms with van der Waals surface area (Å²) in [5.41, 5.74) is 0. The van der Waals surface area contributed by atoms with E-state index < -0.39 is 10.0 Å². The predicted molar refractivity (Wildman–Crippen MR) is 75.3 cm³/mol. The normalized spacial score (nSPS) is 18.8. The number of sulfonamides is 1. The Kier molecular flexibility index (Phi) is 5.19. The molecule has 0 radical (unpaired) electrons. The van der Waals surface area contributed by atoms with Crippen LogP contribution < -0.4 is 0 Å². The molecule has 0 N–H and O–H groups in total. The van der Waals surface area contributed by atoms with E-state index >= 15 is 0 Å². The molecule has 108 valence electrons. The van der Waals surface area contributed by atoms with Gasteiger partial charge in [-0.05, 0) is 19.8 Å². The van der Waals surface area contributed by atoms with E-state index in [1.165, 1.54) is 21.8 Å². The molecule has 1 saturated heterocycles. The van der Waals surface area contributed by atoms with Gasteiger partial charge in [0.05, 0.1) is 23.9 Å². The van der Waals surface area contributed by atoms with Gasteiger partial charge < -0.3 is 4.74 Å². The maximum atomic E-state index is 12.4. The highest BCUT2D eigenvalue weighted by Crippen LogP contribution is 2.25. The van der Waals surface area contributed by atoms with Crippen LogP contribution >= 0.6 is 22.9 Å². The molecule has 1 aromatic heterocycles. The zero-order valence-electron chi connectivity index (χ0n) is 10.7. The summed E-state index contributed by atoms with van der Waals surface area (Å²) in [7, 11) is -3.38. The molecule has 5 nitrogen and oxygen atoms in total. The van der Waals surface area contributed by atoms with E-state index in [-0.39, 0.29) is 6.10 Å². The van der Waals surface area contributed by atoms with Gasteiger partial charge in [-0.25, -0.2) is 13.4 Å². The third-order valence-electron chi connectivity index (χ3n) is 3.03. The third-order valence-corrected chi connectivity index (χ3v) is 6.43. The van der Waals surface area contributed by atoms with Crippen LogP contribution in [0.3, 0.4) is 0 Å². The molecule has 1 aliphatic heterocycles. The number of aryl methyl sites for hydroxylation is 1. The largest absolute Gasteiger partial charge is 0.377 e. The standard InChI is InChI=1S/C11H17ClN2O3S2/c1-9-13-8-11(18-9)19(15,16)14-5-2-10(3-6-14)17-7-4-12/h8,10H,2-7H2,1H3. The molecule has 0 saturated carbocycles. The second kappa shape index (κ2) is 6.49. The predicted octanol–water partition coefficient (Wildman–Crippen LogP) is 1.86. The Morgan fingerprint density at radius 3 is 2.74 bits per heavy atom. The van der Waals surface area contributed by atoms with E-state index in [0.717, 1.165) is 5.01 Å². The van der Waals surface area contributed by atoms with Gasteiger partial charge in [-0.2, -0.15) is 4.31 Å². The van der Waals surface area contributed by atoms with Crippen LogP contribution in [-0.4, -0.2) is 49.4 Å². The zero-order chi connectivity index (χ0) is 13.9. The number of hydrogen-bond donors (Lipinski definition) is 0. The Labute approximate surface area is 122 Å². The van der Waals surface area contributed by atoms with Crippen LogP contribution in [0.1, 0.15) is 17.8 Å². The smallest absolute Gasteiger partial charge is 0.254 e. The molecule has 2 heterocycles. The van der Waals surface area contributed by atoms with Gasteiger partial charge in [0, 0.05) is 19.0 Å². The minimum absolute atomic E-state index is 0.119. The summed E-state index contributed by atoms with van der Waals surface area (Å²) >= 11 is 6.78. The lowest BCUT2D eigenvalue weighted by atomic mass is 10.1. The molecule has 0 bridgehead atoms. The minimum atomic E-state index is -3.38. The first kappa shape index (κ1) is 15.2.